The Morgan fingerprint density at radius 3 is 3.06 bits per heavy atom. The first-order valence-corrected chi connectivity index (χ1v) is 6.52. The molecule has 0 aliphatic carbocycles. The van der Waals surface area contributed by atoms with Gasteiger partial charge in [-0.3, -0.25) is 4.79 Å². The van der Waals surface area contributed by atoms with Crippen LogP contribution in [0.4, 0.5) is 0 Å². The number of fused-ring (bicyclic) bond motifs is 1. The first-order chi connectivity index (χ1) is 8.19. The molecular formula is C12H13NO3S. The lowest BCUT2D eigenvalue weighted by molar-refractivity contribution is -0.133. The molecule has 1 N–H and O–H groups in total. The number of carbonyl (C=O) groups is 1. The van der Waals surface area contributed by atoms with E-state index in [4.69, 9.17) is 9.52 Å². The monoisotopic (exact) mass is 251 g/mol. The zero-order chi connectivity index (χ0) is 12.3. The third kappa shape index (κ3) is 3.00. The van der Waals surface area contributed by atoms with Gasteiger partial charge in [0.15, 0.2) is 5.58 Å². The maximum absolute atomic E-state index is 10.4. The topological polar surface area (TPSA) is 63.3 Å². The van der Waals surface area contributed by atoms with E-state index in [1.54, 1.807) is 0 Å². The normalized spacial score (nSPS) is 10.9. The van der Waals surface area contributed by atoms with Crippen LogP contribution in [0.1, 0.15) is 18.4 Å². The van der Waals surface area contributed by atoms with Crippen molar-refractivity contribution in [2.45, 2.75) is 19.1 Å². The summed E-state index contributed by atoms with van der Waals surface area (Å²) in [4.78, 5) is 14.7. The summed E-state index contributed by atoms with van der Waals surface area (Å²) >= 11 is 1.28. The highest BCUT2D eigenvalue weighted by molar-refractivity contribution is 7.99. The number of carboxylic acids is 1. The molecule has 90 valence electrons. The van der Waals surface area contributed by atoms with Gasteiger partial charge >= 0.3 is 5.97 Å². The molecule has 4 nitrogen and oxygen atoms in total. The first-order valence-electron chi connectivity index (χ1n) is 5.37. The average Bonchev–Trinajstić information content (AvgIpc) is 2.69. The second-order valence-electron chi connectivity index (χ2n) is 3.65. The molecule has 1 aromatic carbocycles. The lowest BCUT2D eigenvalue weighted by Crippen LogP contribution is -1.98. The van der Waals surface area contributed by atoms with E-state index in [0.29, 0.717) is 11.6 Å². The Balaban J connectivity index is 2.11. The van der Waals surface area contributed by atoms with Gasteiger partial charge in [0.05, 0.1) is 11.5 Å². The van der Waals surface area contributed by atoms with Crippen molar-refractivity contribution in [1.82, 2.24) is 4.98 Å². The molecule has 0 unspecified atom stereocenters. The molecule has 0 saturated heterocycles. The van der Waals surface area contributed by atoms with Gasteiger partial charge in [0.25, 0.3) is 0 Å². The molecular weight excluding hydrogens is 238 g/mol. The number of oxazole rings is 1. The highest BCUT2D eigenvalue weighted by Gasteiger charge is 2.07. The molecule has 0 aliphatic rings. The minimum Gasteiger partial charge on any atom is -0.481 e. The predicted molar refractivity (Wildman–Crippen MR) is 67.2 cm³/mol. The summed E-state index contributed by atoms with van der Waals surface area (Å²) in [6, 6.07) is 5.93. The number of benzene rings is 1. The van der Waals surface area contributed by atoms with Gasteiger partial charge in [-0.15, -0.1) is 11.8 Å². The van der Waals surface area contributed by atoms with E-state index in [1.807, 2.05) is 18.2 Å². The first kappa shape index (κ1) is 12.0. The van der Waals surface area contributed by atoms with Crippen LogP contribution in [0.15, 0.2) is 22.6 Å². The standard InChI is InChI=1S/C12H13NO3S/c1-2-8-3-4-10-9(5-8)13-11(16-10)6-17-7-12(14)15/h3-5H,2,6-7H2,1H3,(H,14,15). The number of aliphatic carboxylic acids is 1. The van der Waals surface area contributed by atoms with Gasteiger partial charge in [-0.05, 0) is 24.1 Å². The molecule has 0 bridgehead atoms. The summed E-state index contributed by atoms with van der Waals surface area (Å²) in [6.07, 6.45) is 0.964. The number of aromatic nitrogens is 1. The second-order valence-corrected chi connectivity index (χ2v) is 4.64. The van der Waals surface area contributed by atoms with Crippen molar-refractivity contribution in [3.8, 4) is 0 Å². The molecule has 0 spiro atoms. The SMILES string of the molecule is CCc1ccc2oc(CSCC(=O)O)nc2c1. The number of rotatable bonds is 5. The zero-order valence-electron chi connectivity index (χ0n) is 9.47. The number of thioether (sulfide) groups is 1. The largest absolute Gasteiger partial charge is 0.481 e. The van der Waals surface area contributed by atoms with E-state index in [2.05, 4.69) is 11.9 Å². The van der Waals surface area contributed by atoms with E-state index in [-0.39, 0.29) is 5.75 Å². The Hall–Kier alpha value is -1.49. The summed E-state index contributed by atoms with van der Waals surface area (Å²) in [7, 11) is 0. The highest BCUT2D eigenvalue weighted by atomic mass is 32.2. The molecule has 0 fully saturated rings. The van der Waals surface area contributed by atoms with Gasteiger partial charge in [-0.2, -0.15) is 0 Å². The molecule has 1 heterocycles. The van der Waals surface area contributed by atoms with E-state index in [0.717, 1.165) is 17.5 Å². The van der Waals surface area contributed by atoms with Crippen molar-refractivity contribution in [3.05, 3.63) is 29.7 Å². The Morgan fingerprint density at radius 1 is 1.53 bits per heavy atom. The van der Waals surface area contributed by atoms with Gasteiger partial charge < -0.3 is 9.52 Å². The highest BCUT2D eigenvalue weighted by Crippen LogP contribution is 2.20. The fraction of sp³-hybridized carbons (Fsp3) is 0.333. The van der Waals surface area contributed by atoms with E-state index in [9.17, 15) is 4.79 Å². The third-order valence-corrected chi connectivity index (χ3v) is 3.26. The van der Waals surface area contributed by atoms with Crippen molar-refractivity contribution in [1.29, 1.82) is 0 Å². The molecule has 0 aliphatic heterocycles. The van der Waals surface area contributed by atoms with Gasteiger partial charge in [0.1, 0.15) is 5.52 Å². The summed E-state index contributed by atoms with van der Waals surface area (Å²) in [6.45, 7) is 2.09. The molecule has 0 atom stereocenters. The Kier molecular flexibility index (Phi) is 3.68. The molecule has 17 heavy (non-hydrogen) atoms. The number of hydrogen-bond donors (Lipinski definition) is 1. The van der Waals surface area contributed by atoms with Crippen LogP contribution in [0.2, 0.25) is 0 Å². The van der Waals surface area contributed by atoms with Crippen molar-refractivity contribution < 1.29 is 14.3 Å². The van der Waals surface area contributed by atoms with Gasteiger partial charge in [0.2, 0.25) is 5.89 Å². The van der Waals surface area contributed by atoms with Gasteiger partial charge in [-0.25, -0.2) is 4.98 Å². The minimum absolute atomic E-state index is 0.0684. The van der Waals surface area contributed by atoms with Crippen LogP contribution in [0, 0.1) is 0 Å². The summed E-state index contributed by atoms with van der Waals surface area (Å²) < 4.78 is 5.52. The predicted octanol–water partition coefficient (Wildman–Crippen LogP) is 2.71. The zero-order valence-corrected chi connectivity index (χ0v) is 10.3. The van der Waals surface area contributed by atoms with Crippen LogP contribution < -0.4 is 0 Å². The number of nitrogens with zero attached hydrogens (tertiary/aromatic N) is 1. The number of aryl methyl sites for hydroxylation is 1. The smallest absolute Gasteiger partial charge is 0.313 e. The summed E-state index contributed by atoms with van der Waals surface area (Å²) in [5.74, 6) is 0.320. The van der Waals surface area contributed by atoms with Crippen LogP contribution in [0.25, 0.3) is 11.1 Å². The van der Waals surface area contributed by atoms with Crippen LogP contribution in [0.3, 0.4) is 0 Å². The molecule has 2 aromatic rings. The van der Waals surface area contributed by atoms with Crippen LogP contribution in [0.5, 0.6) is 0 Å². The molecule has 0 amide bonds. The third-order valence-electron chi connectivity index (χ3n) is 2.36. The molecule has 0 radical (unpaired) electrons. The van der Waals surface area contributed by atoms with E-state index >= 15 is 0 Å². The fourth-order valence-electron chi connectivity index (χ4n) is 1.53. The molecule has 1 aromatic heterocycles. The Bertz CT molecular complexity index is 536. The lowest BCUT2D eigenvalue weighted by Gasteiger charge is -1.92. The van der Waals surface area contributed by atoms with E-state index in [1.165, 1.54) is 17.3 Å². The van der Waals surface area contributed by atoms with Crippen LogP contribution >= 0.6 is 11.8 Å². The number of carboxylic acid groups (broad SMARTS) is 1. The average molecular weight is 251 g/mol. The Morgan fingerprint density at radius 2 is 2.35 bits per heavy atom. The molecule has 2 rings (SSSR count). The number of hydrogen-bond acceptors (Lipinski definition) is 4. The quantitative estimate of drug-likeness (QED) is 0.885. The summed E-state index contributed by atoms with van der Waals surface area (Å²) in [5, 5.41) is 8.53. The van der Waals surface area contributed by atoms with Crippen molar-refractivity contribution in [2.75, 3.05) is 5.75 Å². The van der Waals surface area contributed by atoms with Crippen LogP contribution in [-0.2, 0) is 17.0 Å². The maximum Gasteiger partial charge on any atom is 0.313 e. The van der Waals surface area contributed by atoms with E-state index < -0.39 is 5.97 Å². The molecule has 0 saturated carbocycles. The van der Waals surface area contributed by atoms with Crippen molar-refractivity contribution in [3.63, 3.8) is 0 Å². The van der Waals surface area contributed by atoms with Crippen molar-refractivity contribution in [2.24, 2.45) is 0 Å². The van der Waals surface area contributed by atoms with Crippen molar-refractivity contribution >= 4 is 28.8 Å². The maximum atomic E-state index is 10.4. The van der Waals surface area contributed by atoms with Gasteiger partial charge in [-0.1, -0.05) is 13.0 Å². The Labute approximate surface area is 103 Å². The minimum atomic E-state index is -0.820. The van der Waals surface area contributed by atoms with Gasteiger partial charge in [0, 0.05) is 0 Å². The lowest BCUT2D eigenvalue weighted by atomic mass is 10.1. The second kappa shape index (κ2) is 5.23. The summed E-state index contributed by atoms with van der Waals surface area (Å²) in [5.41, 5.74) is 2.82. The van der Waals surface area contributed by atoms with Crippen LogP contribution in [-0.4, -0.2) is 21.8 Å². The fourth-order valence-corrected chi connectivity index (χ4v) is 2.10. The molecule has 5 heteroatoms.